The second-order valence-corrected chi connectivity index (χ2v) is 17.3. The molecule has 0 aromatic carbocycles. The Labute approximate surface area is 114 Å². The molecule has 0 radical (unpaired) electrons. The van der Waals surface area contributed by atoms with Gasteiger partial charge >= 0.3 is 113 Å². The molecule has 0 saturated carbocycles. The second kappa shape index (κ2) is 9.86. The molecule has 0 rings (SSSR count). The molecule has 0 bridgehead atoms. The first-order chi connectivity index (χ1) is 7.41. The van der Waals surface area contributed by atoms with Crippen LogP contribution in [0.2, 0.25) is 12.5 Å². The van der Waals surface area contributed by atoms with Crippen molar-refractivity contribution in [2.24, 2.45) is 17.8 Å². The Kier molecular flexibility index (Phi) is 10.4. The van der Waals surface area contributed by atoms with Gasteiger partial charge in [-0.2, -0.15) is 0 Å². The van der Waals surface area contributed by atoms with Crippen molar-refractivity contribution in [2.45, 2.75) is 73.3 Å². The molecule has 0 aliphatic carbocycles. The fourth-order valence-corrected chi connectivity index (χ4v) is 15.2. The summed E-state index contributed by atoms with van der Waals surface area (Å²) in [6, 6.07) is 0. The summed E-state index contributed by atoms with van der Waals surface area (Å²) in [4.78, 5) is 0. The van der Waals surface area contributed by atoms with Gasteiger partial charge < -0.3 is 1.43 Å². The minimum Gasteiger partial charge on any atom is -1.00 e. The van der Waals surface area contributed by atoms with Crippen LogP contribution in [-0.2, 0) is 21.4 Å². The van der Waals surface area contributed by atoms with Gasteiger partial charge in [0.15, 0.2) is 0 Å². The molecule has 0 aliphatic rings. The fraction of sp³-hybridized carbons (Fsp3) is 1.00. The Morgan fingerprint density at radius 3 is 1.06 bits per heavy atom. The molecule has 0 saturated heterocycles. The summed E-state index contributed by atoms with van der Waals surface area (Å²) in [7, 11) is 0. The Hall–Kier alpha value is 0.870. The predicted molar refractivity (Wildman–Crippen MR) is 73.9 cm³/mol. The van der Waals surface area contributed by atoms with Crippen LogP contribution in [0.5, 0.6) is 0 Å². The third kappa shape index (κ3) is 11.4. The van der Waals surface area contributed by atoms with Crippen LogP contribution in [0.3, 0.4) is 0 Å². The zero-order chi connectivity index (χ0) is 12.6. The van der Waals surface area contributed by atoms with Crippen LogP contribution in [0.15, 0.2) is 0 Å². The largest absolute Gasteiger partial charge is 1.00 e. The zero-order valence-corrected chi connectivity index (χ0v) is 16.1. The summed E-state index contributed by atoms with van der Waals surface area (Å²) in [6.45, 7) is 14.3. The maximum absolute atomic E-state index is 2.38. The monoisotopic (exact) mass is 394 g/mol. The van der Waals surface area contributed by atoms with E-state index in [1.807, 2.05) is 0 Å². The molecule has 0 fully saturated rings. The van der Waals surface area contributed by atoms with Crippen molar-refractivity contribution in [2.75, 3.05) is 0 Å². The number of hydrogen-bond donors (Lipinski definition) is 0. The topological polar surface area (TPSA) is 0 Å². The molecule has 0 aromatic heterocycles. The van der Waals surface area contributed by atoms with Crippen molar-refractivity contribution >= 4 is 0 Å². The van der Waals surface area contributed by atoms with Crippen LogP contribution in [0.25, 0.3) is 0 Å². The molecule has 0 N–H and O–H groups in total. The molecule has 99 valence electrons. The van der Waals surface area contributed by atoms with Gasteiger partial charge in [0.2, 0.25) is 0 Å². The van der Waals surface area contributed by atoms with E-state index in [0.29, 0.717) is 0 Å². The average Bonchev–Trinajstić information content (AvgIpc) is 2.15. The van der Waals surface area contributed by atoms with E-state index >= 15 is 0 Å². The van der Waals surface area contributed by atoms with Crippen LogP contribution in [0.1, 0.15) is 62.2 Å². The molecule has 0 aromatic rings. The minimum absolute atomic E-state index is 0. The zero-order valence-electron chi connectivity index (χ0n) is 13.5. The standard InChI is InChI=1S/3C5H11.Hf.H/c3*1-4-5(2)3;;/h3*5H,1,4H2,2-3H3;;/q;;;;-1. The summed E-state index contributed by atoms with van der Waals surface area (Å²) in [6.07, 6.45) is 4.54. The quantitative estimate of drug-likeness (QED) is 0.415. The van der Waals surface area contributed by atoms with E-state index in [0.717, 1.165) is 17.8 Å². The van der Waals surface area contributed by atoms with Gasteiger partial charge in [-0.3, -0.25) is 0 Å². The first-order valence-electron chi connectivity index (χ1n) is 7.25. The Morgan fingerprint density at radius 1 is 0.625 bits per heavy atom. The summed E-state index contributed by atoms with van der Waals surface area (Å²) in [5.74, 6) is 2.79. The van der Waals surface area contributed by atoms with Crippen molar-refractivity contribution in [3.05, 3.63) is 0 Å². The third-order valence-electron chi connectivity index (χ3n) is 3.23. The van der Waals surface area contributed by atoms with E-state index in [9.17, 15) is 0 Å². The van der Waals surface area contributed by atoms with E-state index < -0.39 is 21.4 Å². The van der Waals surface area contributed by atoms with Crippen LogP contribution in [0, 0.1) is 17.8 Å². The van der Waals surface area contributed by atoms with Crippen molar-refractivity contribution in [3.8, 4) is 0 Å². The molecular weight excluding hydrogens is 359 g/mol. The van der Waals surface area contributed by atoms with Gasteiger partial charge in [-0.1, -0.05) is 0 Å². The second-order valence-electron chi connectivity index (χ2n) is 6.55. The van der Waals surface area contributed by atoms with E-state index in [2.05, 4.69) is 41.5 Å². The Morgan fingerprint density at radius 2 is 0.875 bits per heavy atom. The molecule has 0 spiro atoms. The smallest absolute Gasteiger partial charge is 1.00 e. The maximum Gasteiger partial charge on any atom is -1.00 e. The van der Waals surface area contributed by atoms with Crippen molar-refractivity contribution in [1.29, 1.82) is 0 Å². The van der Waals surface area contributed by atoms with E-state index in [4.69, 9.17) is 0 Å². The fourth-order valence-electron chi connectivity index (χ4n) is 1.85. The van der Waals surface area contributed by atoms with Crippen LogP contribution >= 0.6 is 0 Å². The van der Waals surface area contributed by atoms with Gasteiger partial charge in [0.05, 0.1) is 0 Å². The van der Waals surface area contributed by atoms with Gasteiger partial charge in [-0.25, -0.2) is 0 Å². The van der Waals surface area contributed by atoms with Crippen LogP contribution in [0.4, 0.5) is 0 Å². The molecule has 0 heterocycles. The van der Waals surface area contributed by atoms with Crippen molar-refractivity contribution in [1.82, 2.24) is 0 Å². The summed E-state index contributed by atoms with van der Waals surface area (Å²) in [5.41, 5.74) is 0. The minimum atomic E-state index is -1.15. The van der Waals surface area contributed by atoms with Gasteiger partial charge in [0.25, 0.3) is 0 Å². The maximum atomic E-state index is 2.38. The first kappa shape index (κ1) is 16.9. The van der Waals surface area contributed by atoms with Gasteiger partial charge in [-0.15, -0.1) is 0 Å². The van der Waals surface area contributed by atoms with Gasteiger partial charge in [-0.05, 0) is 0 Å². The SMILES string of the molecule is CC(C)C[CH2][Hf]([CH2]CC(C)C)[CH2]CC(C)C.[H-]. The summed E-state index contributed by atoms with van der Waals surface area (Å²) >= 11 is -1.15. The molecule has 0 amide bonds. The van der Waals surface area contributed by atoms with E-state index in [1.165, 1.54) is 19.3 Å². The Balaban J connectivity index is 0. The average molecular weight is 393 g/mol. The molecular formula is C15H34Hf-. The molecule has 0 unspecified atom stereocenters. The van der Waals surface area contributed by atoms with Crippen LogP contribution < -0.4 is 0 Å². The molecule has 1 heteroatoms. The number of hydrogen-bond acceptors (Lipinski definition) is 0. The number of rotatable bonds is 9. The first-order valence-corrected chi connectivity index (χ1v) is 14.9. The van der Waals surface area contributed by atoms with E-state index in [-0.39, 0.29) is 1.43 Å². The normalized spacial score (nSPS) is 11.8. The van der Waals surface area contributed by atoms with Crippen LogP contribution in [-0.4, -0.2) is 0 Å². The molecule has 0 nitrogen and oxygen atoms in total. The van der Waals surface area contributed by atoms with Gasteiger partial charge in [0.1, 0.15) is 0 Å². The van der Waals surface area contributed by atoms with Crippen molar-refractivity contribution < 1.29 is 22.9 Å². The molecule has 0 aliphatic heterocycles. The summed E-state index contributed by atoms with van der Waals surface area (Å²) < 4.78 is 5.01. The molecule has 16 heavy (non-hydrogen) atoms. The van der Waals surface area contributed by atoms with Crippen molar-refractivity contribution in [3.63, 3.8) is 0 Å². The van der Waals surface area contributed by atoms with E-state index in [1.54, 1.807) is 12.5 Å². The summed E-state index contributed by atoms with van der Waals surface area (Å²) in [5, 5.41) is 0. The third-order valence-corrected chi connectivity index (χ3v) is 14.0. The Bertz CT molecular complexity index is 126. The predicted octanol–water partition coefficient (Wildman–Crippen LogP) is 6.11. The van der Waals surface area contributed by atoms with Gasteiger partial charge in [0, 0.05) is 0 Å². The molecule has 0 atom stereocenters.